The number of benzene rings is 1. The first-order chi connectivity index (χ1) is 15.7. The van der Waals surface area contributed by atoms with Crippen LogP contribution >= 0.6 is 11.8 Å². The molecule has 0 saturated heterocycles. The van der Waals surface area contributed by atoms with Crippen molar-refractivity contribution in [1.82, 2.24) is 9.63 Å². The van der Waals surface area contributed by atoms with E-state index in [1.165, 1.54) is 13.1 Å². The van der Waals surface area contributed by atoms with Crippen LogP contribution in [0.3, 0.4) is 0 Å². The molecule has 1 aromatic heterocycles. The van der Waals surface area contributed by atoms with Gasteiger partial charge in [0.05, 0.1) is 36.6 Å². The smallest absolute Gasteiger partial charge is 0.373 e. The number of anilines is 2. The molecule has 7 nitrogen and oxygen atoms in total. The van der Waals surface area contributed by atoms with Gasteiger partial charge in [0.15, 0.2) is 0 Å². The maximum atomic E-state index is 14.6. The lowest BCUT2D eigenvalue weighted by Gasteiger charge is -2.30. The van der Waals surface area contributed by atoms with Crippen molar-refractivity contribution in [3.8, 4) is 0 Å². The first-order valence-corrected chi connectivity index (χ1v) is 11.2. The molecule has 0 saturated carbocycles. The average Bonchev–Trinajstić information content (AvgIpc) is 2.70. The number of carbonyl (C=O) groups is 1. The summed E-state index contributed by atoms with van der Waals surface area (Å²) in [5.74, 6) is -1.48. The monoisotopic (exact) mass is 503 g/mol. The number of thioether (sulfide) groups is 1. The Morgan fingerprint density at radius 2 is 1.82 bits per heavy atom. The van der Waals surface area contributed by atoms with E-state index < -0.39 is 34.6 Å². The Balaban J connectivity index is 1.86. The third-order valence-corrected chi connectivity index (χ3v) is 5.56. The van der Waals surface area contributed by atoms with Crippen molar-refractivity contribution in [1.29, 1.82) is 0 Å². The van der Waals surface area contributed by atoms with Crippen LogP contribution in [0.25, 0.3) is 0 Å². The number of hydroxylamine groups is 2. The van der Waals surface area contributed by atoms with Crippen LogP contribution in [0.1, 0.15) is 36.7 Å². The predicted molar refractivity (Wildman–Crippen MR) is 120 cm³/mol. The highest BCUT2D eigenvalue weighted by Crippen LogP contribution is 2.38. The van der Waals surface area contributed by atoms with Gasteiger partial charge in [0.25, 0.3) is 11.5 Å². The molecule has 0 unspecified atom stereocenters. The third kappa shape index (κ3) is 6.51. The number of nitrogens with one attached hydrogen (secondary N) is 1. The van der Waals surface area contributed by atoms with Gasteiger partial charge in [-0.2, -0.15) is 13.2 Å². The first-order valence-electron chi connectivity index (χ1n) is 10.4. The SMILES string of the molecule is Cn1c(Nc2ccc(SC(F)(F)F)cc2F)c2c(cc1=O)CCN(OCCOC(C)(C)C)C2=O. The molecule has 34 heavy (non-hydrogen) atoms. The zero-order valence-corrected chi connectivity index (χ0v) is 19.9. The molecule has 0 fully saturated rings. The molecule has 0 bridgehead atoms. The topological polar surface area (TPSA) is 72.8 Å². The van der Waals surface area contributed by atoms with Crippen LogP contribution in [-0.2, 0) is 23.0 Å². The lowest BCUT2D eigenvalue weighted by Crippen LogP contribution is -2.41. The van der Waals surface area contributed by atoms with Crippen molar-refractivity contribution in [2.75, 3.05) is 25.1 Å². The summed E-state index contributed by atoms with van der Waals surface area (Å²) < 4.78 is 59.0. The summed E-state index contributed by atoms with van der Waals surface area (Å²) in [6, 6.07) is 4.29. The Hall–Kier alpha value is -2.57. The van der Waals surface area contributed by atoms with E-state index in [4.69, 9.17) is 9.57 Å². The molecule has 1 aromatic carbocycles. The standard InChI is InChI=1S/C22H25F4N3O4S/c1-21(2,3)32-9-10-33-29-8-7-13-11-17(30)28(4)19(18(13)20(29)31)27-16-6-5-14(12-15(16)23)34-22(24,25)26/h5-6,11-12,27H,7-10H2,1-4H3. The number of fused-ring (bicyclic) bond motifs is 1. The summed E-state index contributed by atoms with van der Waals surface area (Å²) in [6.07, 6.45) is 0.329. The number of hydrogen-bond acceptors (Lipinski definition) is 6. The third-order valence-electron chi connectivity index (χ3n) is 4.84. The minimum atomic E-state index is -4.56. The van der Waals surface area contributed by atoms with Gasteiger partial charge in [-0.15, -0.1) is 0 Å². The van der Waals surface area contributed by atoms with Crippen molar-refractivity contribution in [2.24, 2.45) is 7.05 Å². The molecule has 0 atom stereocenters. The van der Waals surface area contributed by atoms with Gasteiger partial charge in [-0.05, 0) is 62.7 Å². The largest absolute Gasteiger partial charge is 0.446 e. The number of nitrogens with zero attached hydrogens (tertiary/aromatic N) is 2. The van der Waals surface area contributed by atoms with Gasteiger partial charge in [0.1, 0.15) is 11.6 Å². The van der Waals surface area contributed by atoms with E-state index in [1.807, 2.05) is 20.8 Å². The number of aromatic nitrogens is 1. The molecule has 1 N–H and O–H groups in total. The molecule has 1 amide bonds. The molecule has 0 radical (unpaired) electrons. The van der Waals surface area contributed by atoms with Crippen molar-refractivity contribution in [3.63, 3.8) is 0 Å². The fourth-order valence-electron chi connectivity index (χ4n) is 3.32. The van der Waals surface area contributed by atoms with E-state index in [0.717, 1.165) is 27.8 Å². The second kappa shape index (κ2) is 9.96. The van der Waals surface area contributed by atoms with Crippen LogP contribution in [0, 0.1) is 5.82 Å². The molecule has 1 aliphatic rings. The van der Waals surface area contributed by atoms with E-state index in [1.54, 1.807) is 0 Å². The predicted octanol–water partition coefficient (Wildman–Crippen LogP) is 4.62. The zero-order chi connectivity index (χ0) is 25.3. The van der Waals surface area contributed by atoms with Crippen LogP contribution in [-0.4, -0.2) is 46.4 Å². The number of ether oxygens (including phenoxy) is 1. The second-order valence-electron chi connectivity index (χ2n) is 8.56. The first kappa shape index (κ1) is 26.0. The Morgan fingerprint density at radius 3 is 2.44 bits per heavy atom. The summed E-state index contributed by atoms with van der Waals surface area (Å²) in [7, 11) is 1.40. The molecular formula is C22H25F4N3O4S. The quantitative estimate of drug-likeness (QED) is 0.338. The van der Waals surface area contributed by atoms with Gasteiger partial charge in [-0.1, -0.05) is 0 Å². The average molecular weight is 504 g/mol. The fraction of sp³-hybridized carbons (Fsp3) is 0.455. The minimum absolute atomic E-state index is 0.0156. The van der Waals surface area contributed by atoms with Crippen molar-refractivity contribution in [2.45, 2.75) is 43.2 Å². The minimum Gasteiger partial charge on any atom is -0.373 e. The summed E-state index contributed by atoms with van der Waals surface area (Å²) in [6.45, 7) is 6.27. The second-order valence-corrected chi connectivity index (χ2v) is 9.69. The van der Waals surface area contributed by atoms with Crippen LogP contribution in [0.15, 0.2) is 34.0 Å². The molecule has 2 heterocycles. The number of hydrogen-bond donors (Lipinski definition) is 1. The molecule has 2 aromatic rings. The fourth-order valence-corrected chi connectivity index (χ4v) is 3.88. The lowest BCUT2D eigenvalue weighted by atomic mass is 10.0. The van der Waals surface area contributed by atoms with Crippen molar-refractivity contribution in [3.05, 3.63) is 51.6 Å². The highest BCUT2D eigenvalue weighted by Gasteiger charge is 2.32. The van der Waals surface area contributed by atoms with Gasteiger partial charge < -0.3 is 10.1 Å². The number of pyridine rings is 1. The van der Waals surface area contributed by atoms with E-state index >= 15 is 0 Å². The van der Waals surface area contributed by atoms with Gasteiger partial charge >= 0.3 is 5.51 Å². The summed E-state index contributed by atoms with van der Waals surface area (Å²) in [5, 5.41) is 3.86. The molecule has 12 heteroatoms. The molecule has 1 aliphatic heterocycles. The van der Waals surface area contributed by atoms with E-state index in [9.17, 15) is 27.2 Å². The highest BCUT2D eigenvalue weighted by molar-refractivity contribution is 8.00. The maximum Gasteiger partial charge on any atom is 0.446 e. The van der Waals surface area contributed by atoms with E-state index in [0.29, 0.717) is 12.0 Å². The lowest BCUT2D eigenvalue weighted by molar-refractivity contribution is -0.148. The van der Waals surface area contributed by atoms with Crippen LogP contribution < -0.4 is 10.9 Å². The van der Waals surface area contributed by atoms with Crippen LogP contribution in [0.5, 0.6) is 0 Å². The van der Waals surface area contributed by atoms with Gasteiger partial charge in [-0.25, -0.2) is 9.45 Å². The molecular weight excluding hydrogens is 478 g/mol. The van der Waals surface area contributed by atoms with Gasteiger partial charge in [-0.3, -0.25) is 19.0 Å². The Kier molecular flexibility index (Phi) is 7.63. The summed E-state index contributed by atoms with van der Waals surface area (Å²) in [4.78, 5) is 30.8. The summed E-state index contributed by atoms with van der Waals surface area (Å²) in [5.41, 5.74) is -4.94. The Labute approximate surface area is 198 Å². The maximum absolute atomic E-state index is 14.6. The van der Waals surface area contributed by atoms with Crippen LogP contribution in [0.4, 0.5) is 29.1 Å². The molecule has 0 spiro atoms. The number of alkyl halides is 3. The number of rotatable bonds is 7. The Morgan fingerprint density at radius 1 is 1.12 bits per heavy atom. The van der Waals surface area contributed by atoms with Crippen molar-refractivity contribution < 1.29 is 31.9 Å². The van der Waals surface area contributed by atoms with E-state index in [-0.39, 0.29) is 47.3 Å². The van der Waals surface area contributed by atoms with E-state index in [2.05, 4.69) is 5.32 Å². The Bertz CT molecular complexity index is 1130. The number of halogens is 4. The normalized spacial score (nSPS) is 14.4. The highest BCUT2D eigenvalue weighted by atomic mass is 32.2. The van der Waals surface area contributed by atoms with Gasteiger partial charge in [0.2, 0.25) is 0 Å². The molecule has 3 rings (SSSR count). The molecule has 0 aliphatic carbocycles. The van der Waals surface area contributed by atoms with Gasteiger partial charge in [0, 0.05) is 18.0 Å². The van der Waals surface area contributed by atoms with Crippen molar-refractivity contribution >= 4 is 29.2 Å². The number of amides is 1. The summed E-state index contributed by atoms with van der Waals surface area (Å²) >= 11 is -0.441. The number of carbonyl (C=O) groups excluding carboxylic acids is 1. The zero-order valence-electron chi connectivity index (χ0n) is 19.1. The molecule has 186 valence electrons. The van der Waals surface area contributed by atoms with Crippen LogP contribution in [0.2, 0.25) is 0 Å².